The summed E-state index contributed by atoms with van der Waals surface area (Å²) in [7, 11) is -1.37. The molecule has 0 spiro atoms. The van der Waals surface area contributed by atoms with E-state index >= 15 is 0 Å². The minimum Gasteiger partial charge on any atom is -0.417 e. The number of rotatable bonds is 4. The van der Waals surface area contributed by atoms with Crippen LogP contribution in [0.1, 0.15) is 32.6 Å². The molecule has 1 rings (SSSR count). The highest BCUT2D eigenvalue weighted by Gasteiger charge is 2.38. The van der Waals surface area contributed by atoms with Gasteiger partial charge in [-0.15, -0.1) is 0 Å². The van der Waals surface area contributed by atoms with Crippen molar-refractivity contribution < 1.29 is 4.43 Å². The van der Waals surface area contributed by atoms with Crippen LogP contribution in [-0.2, 0) is 4.43 Å². The van der Waals surface area contributed by atoms with Crippen LogP contribution in [0.4, 0.5) is 0 Å². The van der Waals surface area contributed by atoms with Crippen LogP contribution in [0.15, 0.2) is 0 Å². The van der Waals surface area contributed by atoms with Gasteiger partial charge in [0.25, 0.3) is 0 Å². The molecule has 0 amide bonds. The zero-order valence-corrected chi connectivity index (χ0v) is 10.0. The van der Waals surface area contributed by atoms with E-state index in [0.717, 1.165) is 18.7 Å². The van der Waals surface area contributed by atoms with Crippen LogP contribution in [0.5, 0.6) is 0 Å². The van der Waals surface area contributed by atoms with Crippen LogP contribution in [0.2, 0.25) is 18.1 Å². The lowest BCUT2D eigenvalue weighted by molar-refractivity contribution is 0.259. The third-order valence-electron chi connectivity index (χ3n) is 3.37. The molecule has 13 heavy (non-hydrogen) atoms. The van der Waals surface area contributed by atoms with Gasteiger partial charge in [0.1, 0.15) is 0 Å². The SMILES string of the molecule is CCC(CCN)[Si]1(C)CCCCO1. The Balaban J connectivity index is 2.52. The fourth-order valence-electron chi connectivity index (χ4n) is 2.42. The smallest absolute Gasteiger partial charge is 0.192 e. The van der Waals surface area contributed by atoms with Crippen LogP contribution in [0.3, 0.4) is 0 Å². The summed E-state index contributed by atoms with van der Waals surface area (Å²) in [5.74, 6) is 0. The molecule has 1 heterocycles. The van der Waals surface area contributed by atoms with Crippen LogP contribution in [0.25, 0.3) is 0 Å². The van der Waals surface area contributed by atoms with E-state index < -0.39 is 8.32 Å². The molecule has 78 valence electrons. The fraction of sp³-hybridized carbons (Fsp3) is 1.00. The van der Waals surface area contributed by atoms with Crippen LogP contribution in [-0.4, -0.2) is 21.5 Å². The zero-order chi connectivity index (χ0) is 9.73. The lowest BCUT2D eigenvalue weighted by Gasteiger charge is -2.38. The third kappa shape index (κ3) is 2.79. The van der Waals surface area contributed by atoms with Gasteiger partial charge in [-0.1, -0.05) is 19.8 Å². The third-order valence-corrected chi connectivity index (χ3v) is 8.00. The van der Waals surface area contributed by atoms with Crippen molar-refractivity contribution in [2.24, 2.45) is 5.73 Å². The van der Waals surface area contributed by atoms with Crippen LogP contribution in [0, 0.1) is 0 Å². The molecule has 1 aliphatic heterocycles. The molecule has 1 saturated heterocycles. The average molecular weight is 201 g/mol. The second-order valence-corrected chi connectivity index (χ2v) is 8.53. The first-order chi connectivity index (χ1) is 6.23. The molecule has 0 aliphatic carbocycles. The van der Waals surface area contributed by atoms with Gasteiger partial charge >= 0.3 is 0 Å². The highest BCUT2D eigenvalue weighted by Crippen LogP contribution is 2.36. The Morgan fingerprint density at radius 1 is 1.46 bits per heavy atom. The summed E-state index contributed by atoms with van der Waals surface area (Å²) >= 11 is 0. The van der Waals surface area contributed by atoms with Gasteiger partial charge in [-0.05, 0) is 37.5 Å². The standard InChI is InChI=1S/C10H23NOSi/c1-3-10(6-7-11)13(2)9-5-4-8-12-13/h10H,3-9,11H2,1-2H3. The molecular formula is C10H23NOSi. The van der Waals surface area contributed by atoms with Crippen molar-refractivity contribution in [2.75, 3.05) is 13.2 Å². The van der Waals surface area contributed by atoms with E-state index in [1.54, 1.807) is 0 Å². The summed E-state index contributed by atoms with van der Waals surface area (Å²) < 4.78 is 6.05. The Hall–Kier alpha value is 0.137. The normalized spacial score (nSPS) is 31.6. The van der Waals surface area contributed by atoms with E-state index in [0.29, 0.717) is 0 Å². The molecule has 0 bridgehead atoms. The maximum Gasteiger partial charge on any atom is 0.192 e. The molecule has 3 heteroatoms. The molecule has 0 radical (unpaired) electrons. The van der Waals surface area contributed by atoms with Crippen molar-refractivity contribution in [3.8, 4) is 0 Å². The topological polar surface area (TPSA) is 35.2 Å². The molecule has 0 saturated carbocycles. The van der Waals surface area contributed by atoms with Crippen molar-refractivity contribution in [2.45, 2.75) is 50.7 Å². The summed E-state index contributed by atoms with van der Waals surface area (Å²) in [4.78, 5) is 0. The Morgan fingerprint density at radius 3 is 2.69 bits per heavy atom. The summed E-state index contributed by atoms with van der Waals surface area (Å²) in [6.45, 7) is 6.50. The van der Waals surface area contributed by atoms with Gasteiger partial charge in [0, 0.05) is 6.61 Å². The van der Waals surface area contributed by atoms with Crippen LogP contribution < -0.4 is 5.73 Å². The summed E-state index contributed by atoms with van der Waals surface area (Å²) in [5.41, 5.74) is 6.43. The minimum atomic E-state index is -1.37. The predicted molar refractivity (Wildman–Crippen MR) is 59.3 cm³/mol. The predicted octanol–water partition coefficient (Wildman–Crippen LogP) is 2.50. The molecule has 0 aromatic heterocycles. The second-order valence-electron chi connectivity index (χ2n) is 4.30. The van der Waals surface area contributed by atoms with Crippen molar-refractivity contribution in [3.05, 3.63) is 0 Å². The van der Waals surface area contributed by atoms with E-state index in [4.69, 9.17) is 10.2 Å². The number of hydrogen-bond donors (Lipinski definition) is 1. The van der Waals surface area contributed by atoms with E-state index in [2.05, 4.69) is 13.5 Å². The minimum absolute atomic E-state index is 0.790. The van der Waals surface area contributed by atoms with Crippen molar-refractivity contribution in [1.29, 1.82) is 0 Å². The number of hydrogen-bond acceptors (Lipinski definition) is 2. The second kappa shape index (κ2) is 5.13. The van der Waals surface area contributed by atoms with Crippen molar-refractivity contribution in [1.82, 2.24) is 0 Å². The van der Waals surface area contributed by atoms with Gasteiger partial charge in [-0.2, -0.15) is 0 Å². The quantitative estimate of drug-likeness (QED) is 0.709. The molecule has 0 aromatic carbocycles. The first-order valence-electron chi connectivity index (χ1n) is 5.57. The highest BCUT2D eigenvalue weighted by atomic mass is 28.4. The maximum atomic E-state index is 6.05. The van der Waals surface area contributed by atoms with Crippen molar-refractivity contribution in [3.63, 3.8) is 0 Å². The van der Waals surface area contributed by atoms with E-state index in [1.165, 1.54) is 31.7 Å². The van der Waals surface area contributed by atoms with Gasteiger partial charge in [0.15, 0.2) is 8.32 Å². The molecule has 1 aliphatic rings. The van der Waals surface area contributed by atoms with Gasteiger partial charge in [-0.25, -0.2) is 0 Å². The zero-order valence-electron chi connectivity index (χ0n) is 9.01. The highest BCUT2D eigenvalue weighted by molar-refractivity contribution is 6.74. The molecule has 1 fully saturated rings. The molecular weight excluding hydrogens is 178 g/mol. The monoisotopic (exact) mass is 201 g/mol. The van der Waals surface area contributed by atoms with Gasteiger partial charge in [-0.3, -0.25) is 0 Å². The lowest BCUT2D eigenvalue weighted by atomic mass is 10.2. The molecule has 0 aromatic rings. The van der Waals surface area contributed by atoms with Gasteiger partial charge in [0.2, 0.25) is 0 Å². The number of nitrogens with two attached hydrogens (primary N) is 1. The van der Waals surface area contributed by atoms with Gasteiger partial charge in [0.05, 0.1) is 0 Å². The lowest BCUT2D eigenvalue weighted by Crippen LogP contribution is -2.43. The molecule has 2 N–H and O–H groups in total. The van der Waals surface area contributed by atoms with E-state index in [1.807, 2.05) is 0 Å². The summed E-state index contributed by atoms with van der Waals surface area (Å²) in [6, 6.07) is 1.35. The van der Waals surface area contributed by atoms with E-state index in [9.17, 15) is 0 Å². The first-order valence-corrected chi connectivity index (χ1v) is 8.26. The van der Waals surface area contributed by atoms with E-state index in [-0.39, 0.29) is 0 Å². The Morgan fingerprint density at radius 2 is 2.23 bits per heavy atom. The molecule has 2 unspecified atom stereocenters. The van der Waals surface area contributed by atoms with Crippen molar-refractivity contribution >= 4 is 8.32 Å². The Bertz CT molecular complexity index is 146. The first kappa shape index (κ1) is 11.2. The average Bonchev–Trinajstić information content (AvgIpc) is 2.15. The Kier molecular flexibility index (Phi) is 4.42. The largest absolute Gasteiger partial charge is 0.417 e. The maximum absolute atomic E-state index is 6.05. The molecule has 2 atom stereocenters. The van der Waals surface area contributed by atoms with Crippen LogP contribution >= 0.6 is 0 Å². The Labute approximate surface area is 83.0 Å². The molecule has 2 nitrogen and oxygen atoms in total. The fourth-order valence-corrected chi connectivity index (χ4v) is 6.41. The van der Waals surface area contributed by atoms with Gasteiger partial charge < -0.3 is 10.2 Å². The summed E-state index contributed by atoms with van der Waals surface area (Å²) in [6.07, 6.45) is 5.06. The summed E-state index contributed by atoms with van der Waals surface area (Å²) in [5, 5.41) is 0.